The first kappa shape index (κ1) is 12.5. The fourth-order valence-electron chi connectivity index (χ4n) is 2.13. The fraction of sp³-hybridized carbons (Fsp3) is 0.200. The highest BCUT2D eigenvalue weighted by molar-refractivity contribution is 5.67. The van der Waals surface area contributed by atoms with E-state index in [1.807, 2.05) is 67.5 Å². The van der Waals surface area contributed by atoms with Crippen LogP contribution in [0.2, 0.25) is 0 Å². The third-order valence-electron chi connectivity index (χ3n) is 3.07. The molecule has 1 unspecified atom stereocenters. The molecule has 94 valence electrons. The van der Waals surface area contributed by atoms with Gasteiger partial charge in [0.2, 0.25) is 0 Å². The maximum absolute atomic E-state index is 6.35. The van der Waals surface area contributed by atoms with Crippen molar-refractivity contribution in [2.45, 2.75) is 6.04 Å². The van der Waals surface area contributed by atoms with Gasteiger partial charge in [0.05, 0.1) is 6.04 Å². The summed E-state index contributed by atoms with van der Waals surface area (Å²) in [4.78, 5) is 2.04. The number of rotatable bonds is 3. The third kappa shape index (κ3) is 2.31. The zero-order valence-corrected chi connectivity index (χ0v) is 10.8. The molecular formula is C15H19N3. The number of nitrogen functional groups attached to an aromatic ring is 1. The Kier molecular flexibility index (Phi) is 3.53. The zero-order chi connectivity index (χ0) is 13.1. The van der Waals surface area contributed by atoms with Gasteiger partial charge in [-0.1, -0.05) is 36.4 Å². The van der Waals surface area contributed by atoms with Crippen LogP contribution < -0.4 is 16.4 Å². The molecule has 0 fully saturated rings. The smallest absolute Gasteiger partial charge is 0.0592 e. The van der Waals surface area contributed by atoms with Crippen molar-refractivity contribution in [1.29, 1.82) is 0 Å². The van der Waals surface area contributed by atoms with Gasteiger partial charge in [-0.05, 0) is 17.7 Å². The highest BCUT2D eigenvalue weighted by Crippen LogP contribution is 2.32. The van der Waals surface area contributed by atoms with Gasteiger partial charge in [-0.2, -0.15) is 0 Å². The molecule has 0 aliphatic rings. The number of anilines is 2. The zero-order valence-electron chi connectivity index (χ0n) is 10.8. The summed E-state index contributed by atoms with van der Waals surface area (Å²) in [6, 6.07) is 15.7. The molecule has 0 aromatic heterocycles. The minimum absolute atomic E-state index is 0.204. The lowest BCUT2D eigenvalue weighted by Gasteiger charge is -2.23. The van der Waals surface area contributed by atoms with Crippen LogP contribution in [0.25, 0.3) is 0 Å². The predicted octanol–water partition coefficient (Wildman–Crippen LogP) is 2.38. The molecule has 0 aliphatic carbocycles. The second-order valence-electron chi connectivity index (χ2n) is 4.56. The summed E-state index contributed by atoms with van der Waals surface area (Å²) in [5.41, 5.74) is 16.3. The molecule has 3 heteroatoms. The number of hydrogen-bond acceptors (Lipinski definition) is 3. The van der Waals surface area contributed by atoms with Crippen molar-refractivity contribution in [3.63, 3.8) is 0 Å². The molecule has 0 heterocycles. The maximum Gasteiger partial charge on any atom is 0.0592 e. The first-order valence-electron chi connectivity index (χ1n) is 5.97. The fourth-order valence-corrected chi connectivity index (χ4v) is 2.13. The van der Waals surface area contributed by atoms with Gasteiger partial charge in [0.15, 0.2) is 0 Å². The SMILES string of the molecule is CN(C)c1cccc(N)c1C(N)c1ccccc1. The summed E-state index contributed by atoms with van der Waals surface area (Å²) in [7, 11) is 3.99. The molecule has 0 aliphatic heterocycles. The lowest BCUT2D eigenvalue weighted by molar-refractivity contribution is 0.866. The van der Waals surface area contributed by atoms with Gasteiger partial charge in [-0.15, -0.1) is 0 Å². The van der Waals surface area contributed by atoms with Crippen LogP contribution in [0.3, 0.4) is 0 Å². The average molecular weight is 241 g/mol. The summed E-state index contributed by atoms with van der Waals surface area (Å²) < 4.78 is 0. The number of nitrogens with two attached hydrogens (primary N) is 2. The third-order valence-corrected chi connectivity index (χ3v) is 3.07. The minimum atomic E-state index is -0.204. The summed E-state index contributed by atoms with van der Waals surface area (Å²) in [6.45, 7) is 0. The van der Waals surface area contributed by atoms with Crippen molar-refractivity contribution in [2.75, 3.05) is 24.7 Å². The first-order chi connectivity index (χ1) is 8.61. The van der Waals surface area contributed by atoms with Gasteiger partial charge in [0.25, 0.3) is 0 Å². The van der Waals surface area contributed by atoms with E-state index in [0.717, 1.165) is 22.5 Å². The van der Waals surface area contributed by atoms with Gasteiger partial charge in [-0.25, -0.2) is 0 Å². The molecule has 0 bridgehead atoms. The Hall–Kier alpha value is -2.00. The largest absolute Gasteiger partial charge is 0.398 e. The number of hydrogen-bond donors (Lipinski definition) is 2. The van der Waals surface area contributed by atoms with Crippen molar-refractivity contribution in [3.8, 4) is 0 Å². The molecule has 2 aromatic rings. The van der Waals surface area contributed by atoms with Crippen LogP contribution in [0.15, 0.2) is 48.5 Å². The quantitative estimate of drug-likeness (QED) is 0.811. The summed E-state index contributed by atoms with van der Waals surface area (Å²) >= 11 is 0. The number of nitrogens with zero attached hydrogens (tertiary/aromatic N) is 1. The van der Waals surface area contributed by atoms with Gasteiger partial charge >= 0.3 is 0 Å². The summed E-state index contributed by atoms with van der Waals surface area (Å²) in [6.07, 6.45) is 0. The van der Waals surface area contributed by atoms with Crippen LogP contribution in [0.4, 0.5) is 11.4 Å². The van der Waals surface area contributed by atoms with Crippen molar-refractivity contribution in [2.24, 2.45) is 5.73 Å². The van der Waals surface area contributed by atoms with E-state index in [9.17, 15) is 0 Å². The Labute approximate surface area is 108 Å². The molecule has 2 rings (SSSR count). The van der Waals surface area contributed by atoms with Crippen LogP contribution in [0, 0.1) is 0 Å². The van der Waals surface area contributed by atoms with Crippen LogP contribution in [-0.4, -0.2) is 14.1 Å². The standard InChI is InChI=1S/C15H19N3/c1-18(2)13-10-6-9-12(16)14(13)15(17)11-7-4-3-5-8-11/h3-10,15H,16-17H2,1-2H3. The van der Waals surface area contributed by atoms with E-state index in [-0.39, 0.29) is 6.04 Å². The van der Waals surface area contributed by atoms with E-state index < -0.39 is 0 Å². The lowest BCUT2D eigenvalue weighted by Crippen LogP contribution is -2.19. The molecule has 0 saturated heterocycles. The van der Waals surface area contributed by atoms with E-state index in [2.05, 4.69) is 0 Å². The van der Waals surface area contributed by atoms with Crippen LogP contribution in [0.5, 0.6) is 0 Å². The molecule has 2 aromatic carbocycles. The van der Waals surface area contributed by atoms with E-state index >= 15 is 0 Å². The van der Waals surface area contributed by atoms with Gasteiger partial charge in [-0.3, -0.25) is 0 Å². The molecule has 3 nitrogen and oxygen atoms in total. The topological polar surface area (TPSA) is 55.3 Å². The molecule has 1 atom stereocenters. The van der Waals surface area contributed by atoms with E-state index in [1.165, 1.54) is 0 Å². The van der Waals surface area contributed by atoms with E-state index in [0.29, 0.717) is 0 Å². The highest BCUT2D eigenvalue weighted by Gasteiger charge is 2.16. The summed E-state index contributed by atoms with van der Waals surface area (Å²) in [5, 5.41) is 0. The van der Waals surface area contributed by atoms with Crippen molar-refractivity contribution < 1.29 is 0 Å². The van der Waals surface area contributed by atoms with Gasteiger partial charge in [0, 0.05) is 31.0 Å². The Morgan fingerprint density at radius 2 is 1.61 bits per heavy atom. The van der Waals surface area contributed by atoms with E-state index in [1.54, 1.807) is 0 Å². The molecule has 0 saturated carbocycles. The molecular weight excluding hydrogens is 222 g/mol. The average Bonchev–Trinajstić information content (AvgIpc) is 2.38. The normalized spacial score (nSPS) is 12.2. The Morgan fingerprint density at radius 3 is 2.22 bits per heavy atom. The van der Waals surface area contributed by atoms with Crippen LogP contribution in [0.1, 0.15) is 17.2 Å². The first-order valence-corrected chi connectivity index (χ1v) is 5.97. The number of benzene rings is 2. The van der Waals surface area contributed by atoms with Gasteiger partial charge < -0.3 is 16.4 Å². The molecule has 18 heavy (non-hydrogen) atoms. The van der Waals surface area contributed by atoms with Gasteiger partial charge in [0.1, 0.15) is 0 Å². The molecule has 0 spiro atoms. The second kappa shape index (κ2) is 5.10. The summed E-state index contributed by atoms with van der Waals surface area (Å²) in [5.74, 6) is 0. The van der Waals surface area contributed by atoms with Crippen molar-refractivity contribution >= 4 is 11.4 Å². The monoisotopic (exact) mass is 241 g/mol. The Bertz CT molecular complexity index is 521. The minimum Gasteiger partial charge on any atom is -0.398 e. The van der Waals surface area contributed by atoms with Crippen molar-refractivity contribution in [3.05, 3.63) is 59.7 Å². The maximum atomic E-state index is 6.35. The Balaban J connectivity index is 2.51. The van der Waals surface area contributed by atoms with E-state index in [4.69, 9.17) is 11.5 Å². The molecule has 4 N–H and O–H groups in total. The van der Waals surface area contributed by atoms with Crippen LogP contribution in [-0.2, 0) is 0 Å². The molecule has 0 amide bonds. The second-order valence-corrected chi connectivity index (χ2v) is 4.56. The van der Waals surface area contributed by atoms with Crippen LogP contribution >= 0.6 is 0 Å². The predicted molar refractivity (Wildman–Crippen MR) is 77.7 cm³/mol. The van der Waals surface area contributed by atoms with Crippen molar-refractivity contribution in [1.82, 2.24) is 0 Å². The lowest BCUT2D eigenvalue weighted by atomic mass is 9.96. The molecule has 0 radical (unpaired) electrons. The Morgan fingerprint density at radius 1 is 0.944 bits per heavy atom. The highest BCUT2D eigenvalue weighted by atomic mass is 15.1.